The molecule has 0 amide bonds. The zero-order chi connectivity index (χ0) is 12.3. The lowest BCUT2D eigenvalue weighted by Gasteiger charge is -2.17. The number of rotatable bonds is 6. The molecule has 0 aliphatic rings. The topological polar surface area (TPSA) is 92.5 Å². The first-order chi connectivity index (χ1) is 6.89. The smallest absolute Gasteiger partial charge is 0.303 e. The predicted molar refractivity (Wildman–Crippen MR) is 68.0 cm³/mol. The Hall–Kier alpha value is -0.610. The number of carbonyl (C=O) groups is 1. The third kappa shape index (κ3) is 19.0. The van der Waals surface area contributed by atoms with Gasteiger partial charge < -0.3 is 16.4 Å². The molecule has 4 heteroatoms. The molecular formula is C12H29NO3. The van der Waals surface area contributed by atoms with E-state index >= 15 is 0 Å². The van der Waals surface area contributed by atoms with Crippen LogP contribution in [0.3, 0.4) is 0 Å². The van der Waals surface area contributed by atoms with Crippen LogP contribution in [0.5, 0.6) is 0 Å². The Morgan fingerprint density at radius 3 is 1.75 bits per heavy atom. The van der Waals surface area contributed by atoms with Gasteiger partial charge in [0.05, 0.1) is 5.60 Å². The number of carboxylic acids is 1. The molecule has 0 aromatic heterocycles. The van der Waals surface area contributed by atoms with Crippen LogP contribution in [0, 0.1) is 0 Å². The molecule has 0 unspecified atom stereocenters. The number of aliphatic hydroxyl groups is 1. The molecule has 16 heavy (non-hydrogen) atoms. The fraction of sp³-hybridized carbons (Fsp3) is 0.917. The second-order valence-corrected chi connectivity index (χ2v) is 4.05. The maximum atomic E-state index is 9.87. The molecule has 0 spiro atoms. The van der Waals surface area contributed by atoms with Crippen molar-refractivity contribution in [2.24, 2.45) is 0 Å². The summed E-state index contributed by atoms with van der Waals surface area (Å²) in [5, 5.41) is 17.3. The van der Waals surface area contributed by atoms with Crippen LogP contribution < -0.4 is 6.15 Å². The van der Waals surface area contributed by atoms with Gasteiger partial charge in [-0.1, -0.05) is 33.6 Å². The Morgan fingerprint density at radius 1 is 1.12 bits per heavy atom. The summed E-state index contributed by atoms with van der Waals surface area (Å²) in [6.07, 6.45) is 4.98. The third-order valence-electron chi connectivity index (χ3n) is 2.52. The average Bonchev–Trinajstić information content (AvgIpc) is 2.19. The van der Waals surface area contributed by atoms with Crippen molar-refractivity contribution in [3.05, 3.63) is 0 Å². The van der Waals surface area contributed by atoms with Crippen LogP contribution in [0.4, 0.5) is 0 Å². The van der Waals surface area contributed by atoms with E-state index in [2.05, 4.69) is 6.92 Å². The van der Waals surface area contributed by atoms with Crippen molar-refractivity contribution in [3.8, 4) is 0 Å². The minimum atomic E-state index is -0.682. The molecule has 0 aliphatic heterocycles. The van der Waals surface area contributed by atoms with E-state index in [1.807, 2.05) is 20.8 Å². The van der Waals surface area contributed by atoms with Gasteiger partial charge in [0.25, 0.3) is 0 Å². The minimum Gasteiger partial charge on any atom is -0.481 e. The van der Waals surface area contributed by atoms with Crippen molar-refractivity contribution in [2.45, 2.75) is 71.8 Å². The zero-order valence-corrected chi connectivity index (χ0v) is 11.3. The molecule has 0 aromatic carbocycles. The van der Waals surface area contributed by atoms with Crippen LogP contribution >= 0.6 is 0 Å². The van der Waals surface area contributed by atoms with E-state index in [9.17, 15) is 4.79 Å². The molecule has 0 heterocycles. The third-order valence-corrected chi connectivity index (χ3v) is 2.52. The van der Waals surface area contributed by atoms with E-state index in [1.54, 1.807) is 0 Å². The van der Waals surface area contributed by atoms with Crippen molar-refractivity contribution in [3.63, 3.8) is 0 Å². The fourth-order valence-corrected chi connectivity index (χ4v) is 0.776. The molecule has 0 fully saturated rings. The maximum Gasteiger partial charge on any atom is 0.303 e. The summed E-state index contributed by atoms with van der Waals surface area (Å²) >= 11 is 0. The fourth-order valence-electron chi connectivity index (χ4n) is 0.776. The maximum absolute atomic E-state index is 9.87. The van der Waals surface area contributed by atoms with E-state index in [0.29, 0.717) is 6.42 Å². The van der Waals surface area contributed by atoms with Crippen molar-refractivity contribution in [2.75, 3.05) is 0 Å². The van der Waals surface area contributed by atoms with Gasteiger partial charge in [-0.05, 0) is 26.2 Å². The van der Waals surface area contributed by atoms with Gasteiger partial charge in [0.2, 0.25) is 0 Å². The summed E-state index contributed by atoms with van der Waals surface area (Å²) in [6, 6.07) is 0. The number of hydrogen-bond acceptors (Lipinski definition) is 3. The van der Waals surface area contributed by atoms with Gasteiger partial charge in [-0.25, -0.2) is 0 Å². The van der Waals surface area contributed by atoms with E-state index in [4.69, 9.17) is 10.2 Å². The van der Waals surface area contributed by atoms with Crippen LogP contribution in [0.25, 0.3) is 0 Å². The molecule has 0 aromatic rings. The van der Waals surface area contributed by atoms with Crippen molar-refractivity contribution >= 4 is 5.97 Å². The molecule has 0 bridgehead atoms. The van der Waals surface area contributed by atoms with Crippen molar-refractivity contribution < 1.29 is 15.0 Å². The van der Waals surface area contributed by atoms with Crippen LogP contribution in [0.15, 0.2) is 0 Å². The second-order valence-electron chi connectivity index (χ2n) is 4.05. The zero-order valence-electron chi connectivity index (χ0n) is 11.3. The first-order valence-corrected chi connectivity index (χ1v) is 5.83. The Bertz CT molecular complexity index is 152. The molecule has 0 atom stereocenters. The molecule has 0 radical (unpaired) electrons. The summed E-state index contributed by atoms with van der Waals surface area (Å²) < 4.78 is 0. The quantitative estimate of drug-likeness (QED) is 0.615. The molecular weight excluding hydrogens is 206 g/mol. The van der Waals surface area contributed by atoms with E-state index in [1.165, 1.54) is 0 Å². The molecule has 0 saturated carbocycles. The summed E-state index contributed by atoms with van der Waals surface area (Å²) in [5.41, 5.74) is -0.417. The SMILES string of the molecule is CCC(C)(O)CC.CCCCCC(=O)O.N. The van der Waals surface area contributed by atoms with Gasteiger partial charge >= 0.3 is 5.97 Å². The van der Waals surface area contributed by atoms with Gasteiger partial charge in [-0.3, -0.25) is 4.79 Å². The highest BCUT2D eigenvalue weighted by Crippen LogP contribution is 2.11. The largest absolute Gasteiger partial charge is 0.481 e. The van der Waals surface area contributed by atoms with Gasteiger partial charge in [-0.15, -0.1) is 0 Å². The number of unbranched alkanes of at least 4 members (excludes halogenated alkanes) is 2. The molecule has 0 saturated heterocycles. The minimum absolute atomic E-state index is 0. The van der Waals surface area contributed by atoms with Gasteiger partial charge in [0.15, 0.2) is 0 Å². The Labute approximate surface area is 99.6 Å². The van der Waals surface area contributed by atoms with Gasteiger partial charge in [0.1, 0.15) is 0 Å². The van der Waals surface area contributed by atoms with E-state index < -0.39 is 11.6 Å². The monoisotopic (exact) mass is 235 g/mol. The Balaban J connectivity index is -0.000000200. The highest BCUT2D eigenvalue weighted by molar-refractivity contribution is 5.66. The highest BCUT2D eigenvalue weighted by atomic mass is 16.4. The summed E-state index contributed by atoms with van der Waals surface area (Å²) in [5.74, 6) is -0.682. The van der Waals surface area contributed by atoms with Gasteiger partial charge in [0, 0.05) is 6.42 Å². The number of carboxylic acid groups (broad SMARTS) is 1. The molecule has 100 valence electrons. The van der Waals surface area contributed by atoms with Crippen LogP contribution in [0.2, 0.25) is 0 Å². The molecule has 5 N–H and O–H groups in total. The number of hydrogen-bond donors (Lipinski definition) is 3. The Morgan fingerprint density at radius 2 is 1.56 bits per heavy atom. The normalized spacial score (nSPS) is 9.81. The second kappa shape index (κ2) is 12.5. The predicted octanol–water partition coefficient (Wildman–Crippen LogP) is 3.37. The van der Waals surface area contributed by atoms with Crippen molar-refractivity contribution in [1.82, 2.24) is 6.15 Å². The standard InChI is InChI=1S/C6H12O2.C6H14O.H3N/c1-2-3-4-5-6(7)8;1-4-6(3,7)5-2;/h2-5H2,1H3,(H,7,8);7H,4-5H2,1-3H3;1H3. The van der Waals surface area contributed by atoms with Crippen molar-refractivity contribution in [1.29, 1.82) is 0 Å². The lowest BCUT2D eigenvalue weighted by molar-refractivity contribution is -0.137. The first-order valence-electron chi connectivity index (χ1n) is 5.83. The summed E-state index contributed by atoms with van der Waals surface area (Å²) in [7, 11) is 0. The highest BCUT2D eigenvalue weighted by Gasteiger charge is 2.12. The van der Waals surface area contributed by atoms with E-state index in [0.717, 1.165) is 32.1 Å². The Kier molecular flexibility index (Phi) is 16.2. The van der Waals surface area contributed by atoms with Gasteiger partial charge in [-0.2, -0.15) is 0 Å². The number of aliphatic carboxylic acids is 1. The molecule has 0 aliphatic carbocycles. The van der Waals surface area contributed by atoms with Crippen LogP contribution in [0.1, 0.15) is 66.2 Å². The first kappa shape index (κ1) is 20.8. The average molecular weight is 235 g/mol. The lowest BCUT2D eigenvalue weighted by Crippen LogP contribution is -2.20. The van der Waals surface area contributed by atoms with E-state index in [-0.39, 0.29) is 6.15 Å². The molecule has 0 rings (SSSR count). The summed E-state index contributed by atoms with van der Waals surface area (Å²) in [6.45, 7) is 7.89. The summed E-state index contributed by atoms with van der Waals surface area (Å²) in [4.78, 5) is 9.87. The van der Waals surface area contributed by atoms with Crippen LogP contribution in [-0.4, -0.2) is 21.8 Å². The molecule has 4 nitrogen and oxygen atoms in total. The van der Waals surface area contributed by atoms with Crippen LogP contribution in [-0.2, 0) is 4.79 Å². The lowest BCUT2D eigenvalue weighted by atomic mass is 10.0.